The summed E-state index contributed by atoms with van der Waals surface area (Å²) < 4.78 is 0. The van der Waals surface area contributed by atoms with Crippen LogP contribution in [0.1, 0.15) is 20.7 Å². The molecule has 12 heteroatoms. The van der Waals surface area contributed by atoms with Crippen LogP contribution in [0.2, 0.25) is 0 Å². The fraction of sp³-hybridized carbons (Fsp3) is 0. The molecular weight excluding hydrogens is 388 g/mol. The van der Waals surface area contributed by atoms with E-state index in [-0.39, 0.29) is 0 Å². The van der Waals surface area contributed by atoms with Crippen LogP contribution in [-0.4, -0.2) is 21.8 Å². The molecule has 0 spiro atoms. The summed E-state index contributed by atoms with van der Waals surface area (Å²) in [6, 6.07) is 6.75. The minimum atomic E-state index is -1.71. The van der Waals surface area contributed by atoms with Crippen LogP contribution in [0.3, 0.4) is 0 Å². The quantitative estimate of drug-likeness (QED) is 0.376. The van der Waals surface area contributed by atoms with Gasteiger partial charge in [0.05, 0.1) is 32.9 Å². The highest BCUT2D eigenvalue weighted by atomic mass is 33.1. The van der Waals surface area contributed by atoms with Gasteiger partial charge >= 0.3 is 0 Å². The lowest BCUT2D eigenvalue weighted by molar-refractivity contribution is -0.386. The topological polar surface area (TPSA) is 167 Å². The van der Waals surface area contributed by atoms with Gasteiger partial charge in [0.2, 0.25) is 0 Å². The Morgan fingerprint density at radius 3 is 1.35 bits per heavy atom. The monoisotopic (exact) mass is 394 g/mol. The van der Waals surface area contributed by atoms with E-state index in [0.29, 0.717) is 9.79 Å². The predicted octanol–water partition coefficient (Wildman–Crippen LogP) is 1.03. The molecule has 2 aromatic carbocycles. The van der Waals surface area contributed by atoms with Crippen molar-refractivity contribution in [2.75, 3.05) is 0 Å². The van der Waals surface area contributed by atoms with Crippen LogP contribution in [-0.2, 0) is 0 Å². The molecule has 0 bridgehead atoms. The van der Waals surface area contributed by atoms with E-state index in [1.54, 1.807) is 0 Å². The zero-order valence-electron chi connectivity index (χ0n) is 12.4. The highest BCUT2D eigenvalue weighted by Crippen LogP contribution is 2.40. The molecule has 134 valence electrons. The summed E-state index contributed by atoms with van der Waals surface area (Å²) >= 11 is 0. The van der Waals surface area contributed by atoms with E-state index in [1.165, 1.54) is 12.1 Å². The number of carbonyl (C=O) groups excluding carboxylic acids is 2. The minimum Gasteiger partial charge on any atom is -0.545 e. The van der Waals surface area contributed by atoms with Crippen LogP contribution in [0.15, 0.2) is 46.2 Å². The molecule has 0 unspecified atom stereocenters. The van der Waals surface area contributed by atoms with E-state index in [2.05, 4.69) is 0 Å². The van der Waals surface area contributed by atoms with Crippen LogP contribution in [0.5, 0.6) is 0 Å². The predicted molar refractivity (Wildman–Crippen MR) is 86.6 cm³/mol. The number of nitrogens with zero attached hydrogens (tertiary/aromatic N) is 2. The van der Waals surface area contributed by atoms with E-state index < -0.39 is 44.3 Å². The standard InChI is InChI=1S/C14H8N2O8S2/c17-13(18)9-5-7(1-3-11(9)15(21)22)25-26-8-2-4-12(16(23)24)10(6-8)14(19)20/h1-6H,(H,17,18)(H,19,20)/p-2. The van der Waals surface area contributed by atoms with Gasteiger partial charge in [0.25, 0.3) is 11.4 Å². The number of aromatic carboxylic acids is 2. The molecule has 0 N–H and O–H groups in total. The first-order chi connectivity index (χ1) is 12.2. The molecule has 0 fully saturated rings. The lowest BCUT2D eigenvalue weighted by atomic mass is 10.2. The molecule has 26 heavy (non-hydrogen) atoms. The van der Waals surface area contributed by atoms with Crippen molar-refractivity contribution in [2.24, 2.45) is 0 Å². The summed E-state index contributed by atoms with van der Waals surface area (Å²) in [7, 11) is 1.96. The van der Waals surface area contributed by atoms with Gasteiger partial charge in [0.15, 0.2) is 0 Å². The van der Waals surface area contributed by atoms with Gasteiger partial charge in [-0.2, -0.15) is 0 Å². The Bertz CT molecular complexity index is 856. The summed E-state index contributed by atoms with van der Waals surface area (Å²) in [6.45, 7) is 0. The molecule has 0 aliphatic carbocycles. The van der Waals surface area contributed by atoms with E-state index in [1.807, 2.05) is 0 Å². The minimum absolute atomic E-state index is 0.327. The summed E-state index contributed by atoms with van der Waals surface area (Å²) in [5.74, 6) is -3.42. The van der Waals surface area contributed by atoms with E-state index in [4.69, 9.17) is 0 Å². The van der Waals surface area contributed by atoms with E-state index >= 15 is 0 Å². The molecule has 2 rings (SSSR count). The van der Waals surface area contributed by atoms with Gasteiger partial charge in [-0.3, -0.25) is 20.2 Å². The highest BCUT2D eigenvalue weighted by molar-refractivity contribution is 8.76. The largest absolute Gasteiger partial charge is 0.545 e. The third-order valence-electron chi connectivity index (χ3n) is 3.00. The van der Waals surface area contributed by atoms with Crippen LogP contribution < -0.4 is 10.2 Å². The summed E-state index contributed by atoms with van der Waals surface area (Å²) in [5.41, 5.74) is -2.43. The first-order valence-electron chi connectivity index (χ1n) is 6.54. The maximum absolute atomic E-state index is 11.0. The molecule has 10 nitrogen and oxygen atoms in total. The fourth-order valence-electron chi connectivity index (χ4n) is 1.88. The molecule has 0 saturated heterocycles. The van der Waals surface area contributed by atoms with Gasteiger partial charge in [-0.25, -0.2) is 0 Å². The van der Waals surface area contributed by atoms with Crippen molar-refractivity contribution in [3.05, 3.63) is 67.8 Å². The number of carboxylic acid groups (broad SMARTS) is 2. The number of nitro groups is 2. The van der Waals surface area contributed by atoms with Gasteiger partial charge in [0, 0.05) is 21.9 Å². The van der Waals surface area contributed by atoms with E-state index in [0.717, 1.165) is 45.9 Å². The Morgan fingerprint density at radius 1 is 0.731 bits per heavy atom. The molecule has 0 radical (unpaired) electrons. The van der Waals surface area contributed by atoms with E-state index in [9.17, 15) is 40.0 Å². The van der Waals surface area contributed by atoms with Crippen molar-refractivity contribution in [3.8, 4) is 0 Å². The fourth-order valence-corrected chi connectivity index (χ4v) is 3.85. The third kappa shape index (κ3) is 4.29. The third-order valence-corrected chi connectivity index (χ3v) is 5.38. The first-order valence-corrected chi connectivity index (χ1v) is 8.69. The molecule has 0 amide bonds. The van der Waals surface area contributed by atoms with Crippen molar-refractivity contribution >= 4 is 44.9 Å². The van der Waals surface area contributed by atoms with Crippen LogP contribution >= 0.6 is 21.6 Å². The summed E-state index contributed by atoms with van der Waals surface area (Å²) in [6.07, 6.45) is 0. The Morgan fingerprint density at radius 2 is 1.08 bits per heavy atom. The Hall–Kier alpha value is -3.12. The molecular formula is C14H6N2O8S2-2. The molecule has 0 aliphatic heterocycles. The van der Waals surface area contributed by atoms with Crippen LogP contribution in [0, 0.1) is 20.2 Å². The molecule has 0 aromatic heterocycles. The molecule has 2 aromatic rings. The number of carbonyl (C=O) groups is 2. The second-order valence-corrected chi connectivity index (χ2v) is 6.89. The number of rotatable bonds is 7. The number of hydrogen-bond donors (Lipinski definition) is 0. The summed E-state index contributed by atoms with van der Waals surface area (Å²) in [4.78, 5) is 42.5. The Kier molecular flexibility index (Phi) is 5.79. The second kappa shape index (κ2) is 7.84. The normalized spacial score (nSPS) is 10.3. The first kappa shape index (κ1) is 19.2. The number of nitro benzene ring substituents is 2. The van der Waals surface area contributed by atoms with Gasteiger partial charge in [-0.1, -0.05) is 21.6 Å². The molecule has 0 saturated carbocycles. The van der Waals surface area contributed by atoms with Crippen molar-refractivity contribution in [1.82, 2.24) is 0 Å². The van der Waals surface area contributed by atoms with Crippen molar-refractivity contribution in [3.63, 3.8) is 0 Å². The van der Waals surface area contributed by atoms with Crippen molar-refractivity contribution in [2.45, 2.75) is 9.79 Å². The Balaban J connectivity index is 2.26. The molecule has 0 atom stereocenters. The van der Waals surface area contributed by atoms with Crippen LogP contribution in [0.25, 0.3) is 0 Å². The maximum atomic E-state index is 11.0. The van der Waals surface area contributed by atoms with Gasteiger partial charge in [-0.15, -0.1) is 0 Å². The average Bonchev–Trinajstić information content (AvgIpc) is 2.59. The smallest absolute Gasteiger partial charge is 0.278 e. The summed E-state index contributed by atoms with van der Waals surface area (Å²) in [5, 5.41) is 43.6. The van der Waals surface area contributed by atoms with Crippen molar-refractivity contribution in [1.29, 1.82) is 0 Å². The van der Waals surface area contributed by atoms with Gasteiger partial charge < -0.3 is 19.8 Å². The SMILES string of the molecule is O=C([O-])c1cc(SSc2ccc([N+](=O)[O-])c(C(=O)[O-])c2)ccc1[N+](=O)[O-]. The average molecular weight is 394 g/mol. The number of hydrogen-bond acceptors (Lipinski definition) is 10. The van der Waals surface area contributed by atoms with Gasteiger partial charge in [0.1, 0.15) is 0 Å². The number of carboxylic acids is 2. The Labute approximate surface area is 152 Å². The second-order valence-electron chi connectivity index (χ2n) is 4.61. The maximum Gasteiger partial charge on any atom is 0.278 e. The van der Waals surface area contributed by atoms with Crippen LogP contribution in [0.4, 0.5) is 11.4 Å². The zero-order chi connectivity index (χ0) is 19.4. The van der Waals surface area contributed by atoms with Crippen molar-refractivity contribution < 1.29 is 29.6 Å². The van der Waals surface area contributed by atoms with Gasteiger partial charge in [-0.05, 0) is 24.3 Å². The molecule has 0 aliphatic rings. The lowest BCUT2D eigenvalue weighted by Crippen LogP contribution is -2.23. The highest BCUT2D eigenvalue weighted by Gasteiger charge is 2.17. The number of benzene rings is 2. The molecule has 0 heterocycles. The zero-order valence-corrected chi connectivity index (χ0v) is 14.1. The lowest BCUT2D eigenvalue weighted by Gasteiger charge is -2.08.